The molecule has 2 aromatic carbocycles. The number of amides is 3. The van der Waals surface area contributed by atoms with Gasteiger partial charge >= 0.3 is 6.09 Å². The molecule has 0 saturated carbocycles. The minimum absolute atomic E-state index is 0.0481. The van der Waals surface area contributed by atoms with E-state index in [-0.39, 0.29) is 17.7 Å². The zero-order valence-corrected chi connectivity index (χ0v) is 23.2. The van der Waals surface area contributed by atoms with E-state index in [1.165, 1.54) is 4.90 Å². The predicted octanol–water partition coefficient (Wildman–Crippen LogP) is 4.72. The Kier molecular flexibility index (Phi) is 10.4. The van der Waals surface area contributed by atoms with Crippen LogP contribution in [0.4, 0.5) is 4.79 Å². The van der Waals surface area contributed by atoms with Crippen LogP contribution >= 0.6 is 12.6 Å². The van der Waals surface area contributed by atoms with Gasteiger partial charge in [0.2, 0.25) is 11.8 Å². The summed E-state index contributed by atoms with van der Waals surface area (Å²) in [7, 11) is 0. The number of hydrogen-bond donors (Lipinski definition) is 3. The lowest BCUT2D eigenvalue weighted by atomic mass is 9.94. The normalized spacial score (nSPS) is 13.0. The first-order valence-electron chi connectivity index (χ1n) is 12.2. The Hall–Kier alpha value is -3.00. The zero-order chi connectivity index (χ0) is 27.0. The third kappa shape index (κ3) is 8.01. The molecule has 0 spiro atoms. The molecule has 0 fully saturated rings. The Morgan fingerprint density at radius 2 is 1.64 bits per heavy atom. The molecular weight excluding hydrogens is 474 g/mol. The number of alkyl carbamates (subject to hydrolysis) is 1. The fraction of sp³-hybridized carbons (Fsp3) is 0.464. The second kappa shape index (κ2) is 12.8. The highest BCUT2D eigenvalue weighted by Gasteiger charge is 2.38. The second-order valence-corrected chi connectivity index (χ2v) is 10.5. The maximum Gasteiger partial charge on any atom is 0.408 e. The molecule has 196 valence electrons. The van der Waals surface area contributed by atoms with E-state index in [0.29, 0.717) is 6.54 Å². The van der Waals surface area contributed by atoms with E-state index >= 15 is 0 Å². The largest absolute Gasteiger partial charge is 0.444 e. The van der Waals surface area contributed by atoms with Crippen LogP contribution in [0.1, 0.15) is 62.9 Å². The molecule has 0 heterocycles. The zero-order valence-electron chi connectivity index (χ0n) is 22.3. The van der Waals surface area contributed by atoms with Gasteiger partial charge in [-0.05, 0) is 70.7 Å². The number of benzene rings is 2. The summed E-state index contributed by atoms with van der Waals surface area (Å²) in [5.74, 6) is -0.664. The number of carbonyl (C=O) groups excluding carboxylic acids is 3. The topological polar surface area (TPSA) is 87.7 Å². The van der Waals surface area contributed by atoms with Crippen molar-refractivity contribution in [1.29, 1.82) is 0 Å². The van der Waals surface area contributed by atoms with Crippen LogP contribution in [-0.2, 0) is 20.9 Å². The van der Waals surface area contributed by atoms with Crippen LogP contribution in [-0.4, -0.2) is 46.2 Å². The van der Waals surface area contributed by atoms with Gasteiger partial charge < -0.3 is 20.3 Å². The van der Waals surface area contributed by atoms with Gasteiger partial charge in [-0.3, -0.25) is 9.59 Å². The van der Waals surface area contributed by atoms with E-state index in [4.69, 9.17) is 4.74 Å². The van der Waals surface area contributed by atoms with Crippen molar-refractivity contribution >= 4 is 30.5 Å². The van der Waals surface area contributed by atoms with Gasteiger partial charge in [-0.1, -0.05) is 48.5 Å². The van der Waals surface area contributed by atoms with Gasteiger partial charge in [0.25, 0.3) is 0 Å². The van der Waals surface area contributed by atoms with E-state index in [9.17, 15) is 14.4 Å². The average molecular weight is 514 g/mol. The molecule has 3 amide bonds. The predicted molar refractivity (Wildman–Crippen MR) is 146 cm³/mol. The smallest absolute Gasteiger partial charge is 0.408 e. The molecule has 8 heteroatoms. The standard InChI is InChI=1S/C28H39N3O4S/c1-18(2)31(26(33)23(17-36)30-27(34)35-28(5,6)7)24(22-15-11-12-19(3)20(22)4)25(32)29-16-21-13-9-8-10-14-21/h8-15,18,23-24,36H,16-17H2,1-7H3,(H,29,32)(H,30,34). The number of aryl methyl sites for hydroxylation is 1. The molecule has 0 aromatic heterocycles. The molecule has 2 aromatic rings. The summed E-state index contributed by atoms with van der Waals surface area (Å²) in [5, 5.41) is 5.63. The van der Waals surface area contributed by atoms with Crippen molar-refractivity contribution in [1.82, 2.24) is 15.5 Å². The maximum absolute atomic E-state index is 13.8. The Morgan fingerprint density at radius 1 is 1.00 bits per heavy atom. The lowest BCUT2D eigenvalue weighted by molar-refractivity contribution is -0.144. The summed E-state index contributed by atoms with van der Waals surface area (Å²) in [5.41, 5.74) is 2.91. The van der Waals surface area contributed by atoms with E-state index in [1.54, 1.807) is 20.8 Å². The van der Waals surface area contributed by atoms with Gasteiger partial charge in [0.15, 0.2) is 0 Å². The summed E-state index contributed by atoms with van der Waals surface area (Å²) in [6, 6.07) is 13.1. The molecule has 0 aliphatic carbocycles. The van der Waals surface area contributed by atoms with Crippen LogP contribution in [0, 0.1) is 13.8 Å². The van der Waals surface area contributed by atoms with Gasteiger partial charge in [-0.25, -0.2) is 4.79 Å². The number of carbonyl (C=O) groups is 3. The molecule has 0 aliphatic rings. The van der Waals surface area contributed by atoms with Gasteiger partial charge in [-0.2, -0.15) is 12.6 Å². The van der Waals surface area contributed by atoms with Crippen molar-refractivity contribution in [3.05, 3.63) is 70.8 Å². The van der Waals surface area contributed by atoms with Crippen LogP contribution in [0.2, 0.25) is 0 Å². The summed E-state index contributed by atoms with van der Waals surface area (Å²) in [6.45, 7) is 13.2. The van der Waals surface area contributed by atoms with Crippen molar-refractivity contribution in [2.45, 2.75) is 78.7 Å². The summed E-state index contributed by atoms with van der Waals surface area (Å²) in [6.07, 6.45) is -0.713. The highest BCUT2D eigenvalue weighted by atomic mass is 32.1. The van der Waals surface area contributed by atoms with Crippen LogP contribution in [0.15, 0.2) is 48.5 Å². The first kappa shape index (κ1) is 29.2. The molecule has 0 saturated heterocycles. The van der Waals surface area contributed by atoms with E-state index in [2.05, 4.69) is 23.3 Å². The molecule has 2 N–H and O–H groups in total. The monoisotopic (exact) mass is 513 g/mol. The average Bonchev–Trinajstić information content (AvgIpc) is 2.80. The van der Waals surface area contributed by atoms with Crippen LogP contribution in [0.5, 0.6) is 0 Å². The Bertz CT molecular complexity index is 1050. The van der Waals surface area contributed by atoms with Crippen LogP contribution in [0.3, 0.4) is 0 Å². The maximum atomic E-state index is 13.8. The van der Waals surface area contributed by atoms with Crippen LogP contribution in [0.25, 0.3) is 0 Å². The lowest BCUT2D eigenvalue weighted by Crippen LogP contribution is -2.55. The summed E-state index contributed by atoms with van der Waals surface area (Å²) < 4.78 is 5.34. The minimum Gasteiger partial charge on any atom is -0.444 e. The Balaban J connectivity index is 2.44. The number of nitrogens with zero attached hydrogens (tertiary/aromatic N) is 1. The first-order chi connectivity index (χ1) is 16.9. The quantitative estimate of drug-likeness (QED) is 0.424. The van der Waals surface area contributed by atoms with Gasteiger partial charge in [0.05, 0.1) is 0 Å². The number of rotatable bonds is 9. The minimum atomic E-state index is -0.972. The summed E-state index contributed by atoms with van der Waals surface area (Å²) >= 11 is 4.32. The molecule has 0 aliphatic heterocycles. The third-order valence-electron chi connectivity index (χ3n) is 5.76. The fourth-order valence-corrected chi connectivity index (χ4v) is 4.11. The molecular formula is C28H39N3O4S. The van der Waals surface area contributed by atoms with Crippen molar-refractivity contribution in [2.24, 2.45) is 0 Å². The first-order valence-corrected chi connectivity index (χ1v) is 12.8. The van der Waals surface area contributed by atoms with Crippen molar-refractivity contribution < 1.29 is 19.1 Å². The van der Waals surface area contributed by atoms with Gasteiger partial charge in [0, 0.05) is 18.3 Å². The second-order valence-electron chi connectivity index (χ2n) is 10.1. The Morgan fingerprint density at radius 3 is 2.19 bits per heavy atom. The van der Waals surface area contributed by atoms with E-state index < -0.39 is 29.7 Å². The van der Waals surface area contributed by atoms with Gasteiger partial charge in [0.1, 0.15) is 17.7 Å². The molecule has 2 unspecified atom stereocenters. The number of nitrogens with one attached hydrogen (secondary N) is 2. The highest BCUT2D eigenvalue weighted by molar-refractivity contribution is 7.80. The van der Waals surface area contributed by atoms with Crippen molar-refractivity contribution in [3.8, 4) is 0 Å². The lowest BCUT2D eigenvalue weighted by Gasteiger charge is -2.37. The highest BCUT2D eigenvalue weighted by Crippen LogP contribution is 2.29. The van der Waals surface area contributed by atoms with Crippen molar-refractivity contribution in [2.75, 3.05) is 5.75 Å². The third-order valence-corrected chi connectivity index (χ3v) is 6.12. The number of thiol groups is 1. The molecule has 2 atom stereocenters. The van der Waals surface area contributed by atoms with Crippen molar-refractivity contribution in [3.63, 3.8) is 0 Å². The van der Waals surface area contributed by atoms with Gasteiger partial charge in [-0.15, -0.1) is 0 Å². The Labute approximate surface area is 220 Å². The fourth-order valence-electron chi connectivity index (χ4n) is 3.86. The summed E-state index contributed by atoms with van der Waals surface area (Å²) in [4.78, 5) is 41.5. The number of ether oxygens (including phenoxy) is 1. The van der Waals surface area contributed by atoms with Crippen LogP contribution < -0.4 is 10.6 Å². The van der Waals surface area contributed by atoms with E-state index in [0.717, 1.165) is 22.3 Å². The molecule has 0 bridgehead atoms. The molecule has 0 radical (unpaired) electrons. The van der Waals surface area contributed by atoms with E-state index in [1.807, 2.05) is 76.2 Å². The SMILES string of the molecule is Cc1cccc(C(C(=O)NCc2ccccc2)N(C(=O)C(CS)NC(=O)OC(C)(C)C)C(C)C)c1C. The molecule has 36 heavy (non-hydrogen) atoms. The molecule has 2 rings (SSSR count). The molecule has 7 nitrogen and oxygen atoms in total. The number of hydrogen-bond acceptors (Lipinski definition) is 5.